The van der Waals surface area contributed by atoms with Crippen molar-refractivity contribution in [2.75, 3.05) is 0 Å². The second-order valence-electron chi connectivity index (χ2n) is 2.99. The van der Waals surface area contributed by atoms with E-state index < -0.39 is 0 Å². The molecule has 70 valence electrons. The van der Waals surface area contributed by atoms with Gasteiger partial charge in [0.15, 0.2) is 0 Å². The largest absolute Gasteiger partial charge is 0.328 e. The van der Waals surface area contributed by atoms with Crippen LogP contribution in [0.2, 0.25) is 0 Å². The molecule has 0 bridgehead atoms. The summed E-state index contributed by atoms with van der Waals surface area (Å²) in [6, 6.07) is 3.20. The fraction of sp³-hybridized carbons (Fsp3) is 0.100. The zero-order valence-corrected chi connectivity index (χ0v) is 7.69. The third-order valence-electron chi connectivity index (χ3n) is 1.83. The minimum atomic E-state index is -0.116. The molecule has 0 aliphatic heterocycles. The monoisotopic (exact) mass is 187 g/mol. The highest BCUT2D eigenvalue weighted by Crippen LogP contribution is 2.12. The summed E-state index contributed by atoms with van der Waals surface area (Å²) >= 11 is 0. The Labute approximate surface area is 80.7 Å². The molecular formula is C10H9N3O. The highest BCUT2D eigenvalue weighted by molar-refractivity contribution is 5.56. The number of aromatic amines is 1. The predicted octanol–water partition coefficient (Wildman–Crippen LogP) is 1.14. The molecule has 4 heteroatoms. The molecule has 1 N–H and O–H groups in total. The molecule has 14 heavy (non-hydrogen) atoms. The molecule has 0 radical (unpaired) electrons. The van der Waals surface area contributed by atoms with Crippen molar-refractivity contribution in [1.82, 2.24) is 15.0 Å². The Balaban J connectivity index is 2.49. The minimum absolute atomic E-state index is 0.116. The van der Waals surface area contributed by atoms with E-state index in [0.29, 0.717) is 0 Å². The molecule has 0 unspecified atom stereocenters. The van der Waals surface area contributed by atoms with Crippen LogP contribution in [0.1, 0.15) is 5.69 Å². The Bertz CT molecular complexity index is 484. The lowest BCUT2D eigenvalue weighted by Crippen LogP contribution is -2.02. The van der Waals surface area contributed by atoms with E-state index in [-0.39, 0.29) is 5.56 Å². The first-order valence-electron chi connectivity index (χ1n) is 4.23. The van der Waals surface area contributed by atoms with Gasteiger partial charge in [0.25, 0.3) is 0 Å². The van der Waals surface area contributed by atoms with Gasteiger partial charge in [0, 0.05) is 24.0 Å². The zero-order valence-electron chi connectivity index (χ0n) is 7.69. The number of nitrogens with one attached hydrogen (secondary N) is 1. The van der Waals surface area contributed by atoms with Gasteiger partial charge in [0.05, 0.1) is 17.6 Å². The van der Waals surface area contributed by atoms with Crippen molar-refractivity contribution in [3.8, 4) is 11.3 Å². The third kappa shape index (κ3) is 1.69. The van der Waals surface area contributed by atoms with Crippen LogP contribution in [-0.2, 0) is 0 Å². The molecule has 2 aromatic heterocycles. The van der Waals surface area contributed by atoms with E-state index in [4.69, 9.17) is 0 Å². The number of pyridine rings is 1. The summed E-state index contributed by atoms with van der Waals surface area (Å²) in [5, 5.41) is 0. The van der Waals surface area contributed by atoms with E-state index in [0.717, 1.165) is 17.0 Å². The number of rotatable bonds is 1. The van der Waals surface area contributed by atoms with Crippen molar-refractivity contribution < 1.29 is 0 Å². The molecule has 0 aliphatic carbocycles. The van der Waals surface area contributed by atoms with Crippen molar-refractivity contribution >= 4 is 0 Å². The Morgan fingerprint density at radius 2 is 2.14 bits per heavy atom. The highest BCUT2D eigenvalue weighted by Gasteiger charge is 1.98. The maximum atomic E-state index is 10.8. The first-order valence-corrected chi connectivity index (χ1v) is 4.23. The number of aryl methyl sites for hydroxylation is 1. The van der Waals surface area contributed by atoms with E-state index in [2.05, 4.69) is 15.0 Å². The quantitative estimate of drug-likeness (QED) is 0.728. The Kier molecular flexibility index (Phi) is 2.10. The first kappa shape index (κ1) is 8.62. The van der Waals surface area contributed by atoms with Gasteiger partial charge in [-0.2, -0.15) is 0 Å². The van der Waals surface area contributed by atoms with Crippen molar-refractivity contribution in [2.24, 2.45) is 0 Å². The van der Waals surface area contributed by atoms with Gasteiger partial charge in [0.2, 0.25) is 5.56 Å². The van der Waals surface area contributed by atoms with Crippen LogP contribution in [-0.4, -0.2) is 15.0 Å². The standard InChI is InChI=1S/C10H9N3O/c1-7-4-11-6-9(13-7)8-2-3-10(14)12-5-8/h2-6H,1H3,(H,12,14). The Morgan fingerprint density at radius 1 is 1.29 bits per heavy atom. The topological polar surface area (TPSA) is 58.6 Å². The summed E-state index contributed by atoms with van der Waals surface area (Å²) < 4.78 is 0. The molecule has 2 rings (SSSR count). The number of hydrogen-bond donors (Lipinski definition) is 1. The molecular weight excluding hydrogens is 178 g/mol. The van der Waals surface area contributed by atoms with Gasteiger partial charge in [-0.3, -0.25) is 9.78 Å². The molecule has 0 atom stereocenters. The lowest BCUT2D eigenvalue weighted by molar-refractivity contribution is 1.11. The molecule has 2 heterocycles. The summed E-state index contributed by atoms with van der Waals surface area (Å²) in [4.78, 5) is 21.7. The Morgan fingerprint density at radius 3 is 2.79 bits per heavy atom. The molecule has 4 nitrogen and oxygen atoms in total. The van der Waals surface area contributed by atoms with Gasteiger partial charge >= 0.3 is 0 Å². The number of nitrogens with zero attached hydrogens (tertiary/aromatic N) is 2. The van der Waals surface area contributed by atoms with E-state index in [1.54, 1.807) is 24.7 Å². The summed E-state index contributed by atoms with van der Waals surface area (Å²) in [5.41, 5.74) is 2.37. The van der Waals surface area contributed by atoms with Crippen LogP contribution >= 0.6 is 0 Å². The molecule has 0 spiro atoms. The summed E-state index contributed by atoms with van der Waals surface area (Å²) in [5.74, 6) is 0. The molecule has 0 aliphatic rings. The number of H-pyrrole nitrogens is 1. The lowest BCUT2D eigenvalue weighted by Gasteiger charge is -1.99. The van der Waals surface area contributed by atoms with Crippen LogP contribution < -0.4 is 5.56 Å². The van der Waals surface area contributed by atoms with Crippen molar-refractivity contribution in [3.05, 3.63) is 46.8 Å². The third-order valence-corrected chi connectivity index (χ3v) is 1.83. The van der Waals surface area contributed by atoms with Crippen molar-refractivity contribution in [2.45, 2.75) is 6.92 Å². The average molecular weight is 187 g/mol. The van der Waals surface area contributed by atoms with Crippen LogP contribution in [0.25, 0.3) is 11.3 Å². The second-order valence-corrected chi connectivity index (χ2v) is 2.99. The fourth-order valence-corrected chi connectivity index (χ4v) is 1.17. The van der Waals surface area contributed by atoms with E-state index in [1.165, 1.54) is 6.07 Å². The Hall–Kier alpha value is -1.97. The van der Waals surface area contributed by atoms with E-state index in [1.807, 2.05) is 6.92 Å². The second kappa shape index (κ2) is 3.41. The van der Waals surface area contributed by atoms with Gasteiger partial charge in [-0.25, -0.2) is 4.98 Å². The highest BCUT2D eigenvalue weighted by atomic mass is 16.1. The van der Waals surface area contributed by atoms with Gasteiger partial charge < -0.3 is 4.98 Å². The minimum Gasteiger partial charge on any atom is -0.328 e. The zero-order chi connectivity index (χ0) is 9.97. The van der Waals surface area contributed by atoms with E-state index >= 15 is 0 Å². The molecule has 0 fully saturated rings. The fourth-order valence-electron chi connectivity index (χ4n) is 1.17. The smallest absolute Gasteiger partial charge is 0.247 e. The van der Waals surface area contributed by atoms with Crippen molar-refractivity contribution in [3.63, 3.8) is 0 Å². The van der Waals surface area contributed by atoms with Crippen molar-refractivity contribution in [1.29, 1.82) is 0 Å². The summed E-state index contributed by atoms with van der Waals surface area (Å²) in [6.07, 6.45) is 4.99. The number of hydrogen-bond acceptors (Lipinski definition) is 3. The molecule has 0 amide bonds. The van der Waals surface area contributed by atoms with Gasteiger partial charge in [-0.05, 0) is 13.0 Å². The van der Waals surface area contributed by atoms with Gasteiger partial charge in [-0.15, -0.1) is 0 Å². The van der Waals surface area contributed by atoms with Gasteiger partial charge in [0.1, 0.15) is 0 Å². The van der Waals surface area contributed by atoms with Crippen LogP contribution in [0.4, 0.5) is 0 Å². The maximum Gasteiger partial charge on any atom is 0.247 e. The van der Waals surface area contributed by atoms with E-state index in [9.17, 15) is 4.79 Å². The van der Waals surface area contributed by atoms with Crippen LogP contribution in [0.5, 0.6) is 0 Å². The van der Waals surface area contributed by atoms with Crippen LogP contribution in [0.3, 0.4) is 0 Å². The molecule has 0 saturated carbocycles. The normalized spacial score (nSPS) is 10.1. The van der Waals surface area contributed by atoms with Crippen LogP contribution in [0.15, 0.2) is 35.5 Å². The average Bonchev–Trinajstić information content (AvgIpc) is 2.19. The van der Waals surface area contributed by atoms with Gasteiger partial charge in [-0.1, -0.05) is 0 Å². The summed E-state index contributed by atoms with van der Waals surface area (Å²) in [6.45, 7) is 1.88. The lowest BCUT2D eigenvalue weighted by atomic mass is 10.2. The summed E-state index contributed by atoms with van der Waals surface area (Å²) in [7, 11) is 0. The number of aromatic nitrogens is 3. The predicted molar refractivity (Wildman–Crippen MR) is 52.8 cm³/mol. The molecule has 0 aromatic carbocycles. The first-order chi connectivity index (χ1) is 6.75. The maximum absolute atomic E-state index is 10.8. The molecule has 2 aromatic rings. The van der Waals surface area contributed by atoms with Crippen LogP contribution in [0, 0.1) is 6.92 Å². The SMILES string of the molecule is Cc1cncc(-c2ccc(=O)[nH]c2)n1. The molecule has 0 saturated heterocycles.